The van der Waals surface area contributed by atoms with Crippen molar-refractivity contribution >= 4 is 23.9 Å². The molecule has 0 bridgehead atoms. The van der Waals surface area contributed by atoms with E-state index in [4.69, 9.17) is 25.7 Å². The Morgan fingerprint density at radius 3 is 2.06 bits per heavy atom. The van der Waals surface area contributed by atoms with Crippen LogP contribution in [-0.4, -0.2) is 60.9 Å². The molecule has 0 spiro atoms. The number of carbonyl (C=O) groups is 3. The Balaban J connectivity index is 3.03. The molecule has 11 nitrogen and oxygen atoms in total. The number of methoxy groups -OCH3 is 1. The molecule has 0 aliphatic rings. The molecule has 1 aromatic rings. The van der Waals surface area contributed by atoms with Crippen LogP contribution in [0.2, 0.25) is 0 Å². The van der Waals surface area contributed by atoms with Gasteiger partial charge in [-0.1, -0.05) is 12.1 Å². The third-order valence-corrected chi connectivity index (χ3v) is 4.54. The molecule has 202 valence electrons. The highest BCUT2D eigenvalue weighted by Crippen LogP contribution is 2.19. The summed E-state index contributed by atoms with van der Waals surface area (Å²) in [7, 11) is 1.23. The number of alkyl carbamates (subject to hydrolysis) is 1. The van der Waals surface area contributed by atoms with Crippen molar-refractivity contribution in [3.8, 4) is 5.75 Å². The van der Waals surface area contributed by atoms with Gasteiger partial charge in [0, 0.05) is 13.0 Å². The first-order valence-corrected chi connectivity index (χ1v) is 11.8. The topological polar surface area (TPSA) is 167 Å². The van der Waals surface area contributed by atoms with Gasteiger partial charge in [0.1, 0.15) is 29.0 Å². The lowest BCUT2D eigenvalue weighted by Gasteiger charge is -2.25. The highest BCUT2D eigenvalue weighted by atomic mass is 16.6. The molecule has 6 N–H and O–H groups in total. The second-order valence-corrected chi connectivity index (χ2v) is 10.3. The van der Waals surface area contributed by atoms with Gasteiger partial charge in [-0.2, -0.15) is 0 Å². The van der Waals surface area contributed by atoms with Crippen LogP contribution in [0, 0.1) is 0 Å². The van der Waals surface area contributed by atoms with Crippen molar-refractivity contribution in [3.05, 3.63) is 29.8 Å². The molecule has 36 heavy (non-hydrogen) atoms. The Labute approximate surface area is 213 Å². The minimum Gasteiger partial charge on any atom is -0.488 e. The maximum absolute atomic E-state index is 13.2. The molecule has 0 fully saturated rings. The van der Waals surface area contributed by atoms with E-state index < -0.39 is 35.7 Å². The average Bonchev–Trinajstić information content (AvgIpc) is 2.73. The van der Waals surface area contributed by atoms with Crippen LogP contribution in [0.1, 0.15) is 59.9 Å². The summed E-state index contributed by atoms with van der Waals surface area (Å²) in [4.78, 5) is 41.8. The number of nitrogens with zero attached hydrogens (tertiary/aromatic N) is 1. The second kappa shape index (κ2) is 13.6. The molecule has 2 atom stereocenters. The molecular weight excluding hydrogens is 466 g/mol. The Morgan fingerprint density at radius 1 is 0.944 bits per heavy atom. The number of carbonyl (C=O) groups excluding carboxylic acids is 3. The normalized spacial score (nSPS) is 13.1. The maximum Gasteiger partial charge on any atom is 0.408 e. The molecule has 1 aromatic carbocycles. The fourth-order valence-electron chi connectivity index (χ4n) is 3.11. The number of nitrogens with two attached hydrogens (primary N) is 2. The van der Waals surface area contributed by atoms with E-state index in [2.05, 4.69) is 15.6 Å². The van der Waals surface area contributed by atoms with Crippen molar-refractivity contribution in [2.75, 3.05) is 13.7 Å². The zero-order chi connectivity index (χ0) is 27.5. The third kappa shape index (κ3) is 12.8. The van der Waals surface area contributed by atoms with Crippen molar-refractivity contribution in [2.24, 2.45) is 16.5 Å². The first-order chi connectivity index (χ1) is 16.6. The van der Waals surface area contributed by atoms with Gasteiger partial charge in [-0.15, -0.1) is 0 Å². The molecule has 0 saturated carbocycles. The van der Waals surface area contributed by atoms with E-state index in [1.54, 1.807) is 32.9 Å². The van der Waals surface area contributed by atoms with Gasteiger partial charge in [0.25, 0.3) is 0 Å². The highest BCUT2D eigenvalue weighted by molar-refractivity contribution is 5.90. The molecule has 0 saturated heterocycles. The molecule has 0 aliphatic carbocycles. The van der Waals surface area contributed by atoms with E-state index >= 15 is 0 Å². The number of nitrogens with one attached hydrogen (secondary N) is 2. The third-order valence-electron chi connectivity index (χ3n) is 4.54. The predicted octanol–water partition coefficient (Wildman–Crippen LogP) is 2.01. The summed E-state index contributed by atoms with van der Waals surface area (Å²) < 4.78 is 16.0. The molecule has 1 rings (SSSR count). The van der Waals surface area contributed by atoms with Gasteiger partial charge in [0.15, 0.2) is 5.96 Å². The van der Waals surface area contributed by atoms with Crippen LogP contribution >= 0.6 is 0 Å². The van der Waals surface area contributed by atoms with Crippen LogP contribution in [0.5, 0.6) is 5.75 Å². The zero-order valence-electron chi connectivity index (χ0n) is 22.3. The van der Waals surface area contributed by atoms with Crippen molar-refractivity contribution in [1.29, 1.82) is 0 Å². The van der Waals surface area contributed by atoms with Gasteiger partial charge in [-0.05, 0) is 72.1 Å². The SMILES string of the molecule is COC(=O)C(CCCN=C(N)N)NC(=O)C(Cc1ccc(OC(C)(C)C)cc1)NC(=O)OC(C)(C)C. The molecule has 2 unspecified atom stereocenters. The van der Waals surface area contributed by atoms with Crippen molar-refractivity contribution in [2.45, 2.75) is 84.1 Å². The smallest absolute Gasteiger partial charge is 0.408 e. The van der Waals surface area contributed by atoms with Crippen LogP contribution in [-0.2, 0) is 25.5 Å². The minimum atomic E-state index is -1.01. The Bertz CT molecular complexity index is 899. The van der Waals surface area contributed by atoms with Crippen LogP contribution in [0.3, 0.4) is 0 Å². The van der Waals surface area contributed by atoms with Crippen molar-refractivity contribution in [1.82, 2.24) is 10.6 Å². The first-order valence-electron chi connectivity index (χ1n) is 11.8. The van der Waals surface area contributed by atoms with Gasteiger partial charge >= 0.3 is 12.1 Å². The molecule has 0 aromatic heterocycles. The van der Waals surface area contributed by atoms with E-state index in [0.29, 0.717) is 12.2 Å². The van der Waals surface area contributed by atoms with Crippen LogP contribution in [0.25, 0.3) is 0 Å². The first kappa shape index (κ1) is 30.5. The molecular formula is C25H41N5O6. The summed E-state index contributed by atoms with van der Waals surface area (Å²) in [6.07, 6.45) is 0.0746. The molecule has 11 heteroatoms. The zero-order valence-corrected chi connectivity index (χ0v) is 22.3. The number of benzene rings is 1. The average molecular weight is 508 g/mol. The minimum absolute atomic E-state index is 0.0609. The molecule has 0 radical (unpaired) electrons. The van der Waals surface area contributed by atoms with Gasteiger partial charge in [0.05, 0.1) is 7.11 Å². The number of guanidine groups is 1. The standard InChI is InChI=1S/C25H41N5O6/c1-24(2,3)35-17-12-10-16(11-13-17)15-19(30-23(33)36-25(4,5)6)20(31)29-18(21(32)34-7)9-8-14-28-22(26)27/h10-13,18-19H,8-9,14-15H2,1-7H3,(H,29,31)(H,30,33)(H4,26,27,28). The summed E-state index contributed by atoms with van der Waals surface area (Å²) in [5, 5.41) is 5.28. The molecule has 0 heterocycles. The van der Waals surface area contributed by atoms with Crippen LogP contribution in [0.4, 0.5) is 4.79 Å². The summed E-state index contributed by atoms with van der Waals surface area (Å²) in [6, 6.07) is 5.26. The molecule has 2 amide bonds. The van der Waals surface area contributed by atoms with Gasteiger partial charge < -0.3 is 36.3 Å². The van der Waals surface area contributed by atoms with E-state index in [1.165, 1.54) is 7.11 Å². The lowest BCUT2D eigenvalue weighted by atomic mass is 10.0. The lowest BCUT2D eigenvalue weighted by Crippen LogP contribution is -2.53. The second-order valence-electron chi connectivity index (χ2n) is 10.3. The molecule has 0 aliphatic heterocycles. The number of hydrogen-bond acceptors (Lipinski definition) is 7. The summed E-state index contributed by atoms with van der Waals surface area (Å²) in [5.41, 5.74) is 10.3. The quantitative estimate of drug-likeness (QED) is 0.153. The Kier molecular flexibility index (Phi) is 11.5. The fourth-order valence-corrected chi connectivity index (χ4v) is 3.11. The Morgan fingerprint density at radius 2 is 1.56 bits per heavy atom. The van der Waals surface area contributed by atoms with E-state index in [9.17, 15) is 14.4 Å². The summed E-state index contributed by atoms with van der Waals surface area (Å²) in [5.74, 6) is -0.561. The number of rotatable bonds is 11. The predicted molar refractivity (Wildman–Crippen MR) is 138 cm³/mol. The monoisotopic (exact) mass is 507 g/mol. The van der Waals surface area contributed by atoms with Gasteiger partial charge in [-0.25, -0.2) is 9.59 Å². The number of aliphatic imine (C=N–C) groups is 1. The number of amides is 2. The van der Waals surface area contributed by atoms with Gasteiger partial charge in [0.2, 0.25) is 5.91 Å². The van der Waals surface area contributed by atoms with E-state index in [1.807, 2.05) is 32.9 Å². The number of esters is 1. The van der Waals surface area contributed by atoms with Crippen LogP contribution < -0.4 is 26.8 Å². The lowest BCUT2D eigenvalue weighted by molar-refractivity contribution is -0.145. The van der Waals surface area contributed by atoms with Gasteiger partial charge in [-0.3, -0.25) is 9.79 Å². The summed E-state index contributed by atoms with van der Waals surface area (Å²) >= 11 is 0. The number of ether oxygens (including phenoxy) is 3. The Hall–Kier alpha value is -3.50. The largest absolute Gasteiger partial charge is 0.488 e. The number of hydrogen-bond donors (Lipinski definition) is 4. The van der Waals surface area contributed by atoms with E-state index in [-0.39, 0.29) is 30.9 Å². The van der Waals surface area contributed by atoms with E-state index in [0.717, 1.165) is 5.56 Å². The van der Waals surface area contributed by atoms with Crippen molar-refractivity contribution in [3.63, 3.8) is 0 Å². The van der Waals surface area contributed by atoms with Crippen molar-refractivity contribution < 1.29 is 28.6 Å². The van der Waals surface area contributed by atoms with Crippen LogP contribution in [0.15, 0.2) is 29.3 Å². The fraction of sp³-hybridized carbons (Fsp3) is 0.600. The maximum atomic E-state index is 13.2. The summed E-state index contributed by atoms with van der Waals surface area (Å²) in [6.45, 7) is 11.3. The highest BCUT2D eigenvalue weighted by Gasteiger charge is 2.29.